The SMILES string of the molecule is CSCCCNS(=O)(=O)c1cc(C#N)ccc1C. The Labute approximate surface area is 112 Å². The fourth-order valence-electron chi connectivity index (χ4n) is 1.46. The highest BCUT2D eigenvalue weighted by atomic mass is 32.2. The summed E-state index contributed by atoms with van der Waals surface area (Å²) < 4.78 is 26.7. The molecular weight excluding hydrogens is 268 g/mol. The molecule has 6 heteroatoms. The first-order valence-corrected chi connectivity index (χ1v) is 8.38. The Morgan fingerprint density at radius 2 is 2.17 bits per heavy atom. The number of nitrogens with one attached hydrogen (secondary N) is 1. The molecule has 1 rings (SSSR count). The van der Waals surface area contributed by atoms with E-state index < -0.39 is 10.0 Å². The van der Waals surface area contributed by atoms with Crippen LogP contribution in [0.3, 0.4) is 0 Å². The summed E-state index contributed by atoms with van der Waals surface area (Å²) in [4.78, 5) is 0.186. The summed E-state index contributed by atoms with van der Waals surface area (Å²) in [6.45, 7) is 2.14. The topological polar surface area (TPSA) is 70.0 Å². The van der Waals surface area contributed by atoms with Crippen molar-refractivity contribution in [3.05, 3.63) is 29.3 Å². The fraction of sp³-hybridized carbons (Fsp3) is 0.417. The van der Waals surface area contributed by atoms with Crippen molar-refractivity contribution >= 4 is 21.8 Å². The number of hydrogen-bond donors (Lipinski definition) is 1. The van der Waals surface area contributed by atoms with Gasteiger partial charge in [-0.15, -0.1) is 0 Å². The zero-order chi connectivity index (χ0) is 13.6. The summed E-state index contributed by atoms with van der Waals surface area (Å²) in [6.07, 6.45) is 2.77. The minimum atomic E-state index is -3.51. The lowest BCUT2D eigenvalue weighted by molar-refractivity contribution is 0.580. The maximum Gasteiger partial charge on any atom is 0.240 e. The van der Waals surface area contributed by atoms with Gasteiger partial charge in [0.05, 0.1) is 16.5 Å². The van der Waals surface area contributed by atoms with Gasteiger partial charge < -0.3 is 0 Å². The van der Waals surface area contributed by atoms with Crippen molar-refractivity contribution in [1.82, 2.24) is 4.72 Å². The summed E-state index contributed by atoms with van der Waals surface area (Å²) in [5.74, 6) is 0.916. The number of nitriles is 1. The smallest absolute Gasteiger partial charge is 0.211 e. The molecule has 1 aromatic carbocycles. The van der Waals surface area contributed by atoms with Gasteiger partial charge >= 0.3 is 0 Å². The van der Waals surface area contributed by atoms with Gasteiger partial charge in [0.15, 0.2) is 0 Å². The van der Waals surface area contributed by atoms with Gasteiger partial charge in [-0.25, -0.2) is 13.1 Å². The molecule has 0 amide bonds. The molecule has 0 atom stereocenters. The second kappa shape index (κ2) is 6.78. The molecule has 0 fully saturated rings. The molecule has 0 aliphatic heterocycles. The van der Waals surface area contributed by atoms with Gasteiger partial charge in [0.2, 0.25) is 10.0 Å². The predicted molar refractivity (Wildman–Crippen MR) is 74.1 cm³/mol. The average Bonchev–Trinajstić information content (AvgIpc) is 2.35. The fourth-order valence-corrected chi connectivity index (χ4v) is 3.24. The Bertz CT molecular complexity index is 548. The van der Waals surface area contributed by atoms with E-state index in [0.717, 1.165) is 12.2 Å². The first-order chi connectivity index (χ1) is 8.51. The Kier molecular flexibility index (Phi) is 5.66. The van der Waals surface area contributed by atoms with E-state index >= 15 is 0 Å². The maximum absolute atomic E-state index is 12.1. The van der Waals surface area contributed by atoms with E-state index in [9.17, 15) is 8.42 Å². The molecule has 0 aliphatic rings. The molecule has 1 N–H and O–H groups in total. The molecule has 0 aromatic heterocycles. The number of nitrogens with zero attached hydrogens (tertiary/aromatic N) is 1. The molecule has 18 heavy (non-hydrogen) atoms. The van der Waals surface area contributed by atoms with Gasteiger partial charge in [-0.1, -0.05) is 6.07 Å². The van der Waals surface area contributed by atoms with Gasteiger partial charge in [-0.2, -0.15) is 17.0 Å². The van der Waals surface area contributed by atoms with Crippen LogP contribution < -0.4 is 4.72 Å². The van der Waals surface area contributed by atoms with E-state index in [0.29, 0.717) is 17.7 Å². The monoisotopic (exact) mass is 284 g/mol. The largest absolute Gasteiger partial charge is 0.240 e. The van der Waals surface area contributed by atoms with Crippen LogP contribution in [-0.2, 0) is 10.0 Å². The molecule has 4 nitrogen and oxygen atoms in total. The highest BCUT2D eigenvalue weighted by molar-refractivity contribution is 7.98. The number of sulfonamides is 1. The van der Waals surface area contributed by atoms with Crippen LogP contribution >= 0.6 is 11.8 Å². The lowest BCUT2D eigenvalue weighted by Gasteiger charge is -2.09. The van der Waals surface area contributed by atoms with Crippen LogP contribution in [0.1, 0.15) is 17.5 Å². The summed E-state index contributed by atoms with van der Waals surface area (Å²) in [7, 11) is -3.51. The Morgan fingerprint density at radius 1 is 1.44 bits per heavy atom. The molecule has 0 saturated heterocycles. The Hall–Kier alpha value is -1.03. The number of thioether (sulfide) groups is 1. The molecule has 0 unspecified atom stereocenters. The van der Waals surface area contributed by atoms with E-state index in [2.05, 4.69) is 4.72 Å². The van der Waals surface area contributed by atoms with Crippen molar-refractivity contribution in [2.24, 2.45) is 0 Å². The second-order valence-electron chi connectivity index (χ2n) is 3.84. The van der Waals surface area contributed by atoms with Crippen molar-refractivity contribution in [2.45, 2.75) is 18.2 Å². The minimum absolute atomic E-state index is 0.186. The summed E-state index contributed by atoms with van der Waals surface area (Å²) in [6, 6.07) is 6.62. The Morgan fingerprint density at radius 3 is 2.78 bits per heavy atom. The highest BCUT2D eigenvalue weighted by Gasteiger charge is 2.16. The lowest BCUT2D eigenvalue weighted by atomic mass is 10.2. The van der Waals surface area contributed by atoms with E-state index in [1.54, 1.807) is 30.8 Å². The molecule has 0 bridgehead atoms. The predicted octanol–water partition coefficient (Wildman–Crippen LogP) is 1.90. The van der Waals surface area contributed by atoms with Crippen molar-refractivity contribution in [3.63, 3.8) is 0 Å². The van der Waals surface area contributed by atoms with Crippen LogP contribution in [0.2, 0.25) is 0 Å². The summed E-state index contributed by atoms with van der Waals surface area (Å²) in [5.41, 5.74) is 0.997. The summed E-state index contributed by atoms with van der Waals surface area (Å²) >= 11 is 1.68. The molecule has 0 saturated carbocycles. The summed E-state index contributed by atoms with van der Waals surface area (Å²) in [5, 5.41) is 8.80. The van der Waals surface area contributed by atoms with Crippen LogP contribution in [0.4, 0.5) is 0 Å². The van der Waals surface area contributed by atoms with E-state index in [4.69, 9.17) is 5.26 Å². The van der Waals surface area contributed by atoms with Gasteiger partial charge in [0.25, 0.3) is 0 Å². The second-order valence-corrected chi connectivity index (χ2v) is 6.56. The zero-order valence-corrected chi connectivity index (χ0v) is 12.1. The van der Waals surface area contributed by atoms with E-state index in [1.165, 1.54) is 6.07 Å². The van der Waals surface area contributed by atoms with Crippen LogP contribution in [-0.4, -0.2) is 27.0 Å². The lowest BCUT2D eigenvalue weighted by Crippen LogP contribution is -2.25. The zero-order valence-electron chi connectivity index (χ0n) is 10.4. The highest BCUT2D eigenvalue weighted by Crippen LogP contribution is 2.16. The number of benzene rings is 1. The average molecular weight is 284 g/mol. The molecule has 0 radical (unpaired) electrons. The molecule has 0 spiro atoms. The van der Waals surface area contributed by atoms with Crippen molar-refractivity contribution < 1.29 is 8.42 Å². The Balaban J connectivity index is 2.88. The van der Waals surface area contributed by atoms with Gasteiger partial charge in [-0.3, -0.25) is 0 Å². The molecule has 98 valence electrons. The van der Waals surface area contributed by atoms with Crippen LogP contribution in [0.5, 0.6) is 0 Å². The van der Waals surface area contributed by atoms with Crippen molar-refractivity contribution in [3.8, 4) is 6.07 Å². The molecule has 0 heterocycles. The first kappa shape index (κ1) is 15.0. The van der Waals surface area contributed by atoms with Crippen molar-refractivity contribution in [2.75, 3.05) is 18.6 Å². The van der Waals surface area contributed by atoms with Crippen LogP contribution in [0, 0.1) is 18.3 Å². The normalized spacial score (nSPS) is 11.2. The number of aryl methyl sites for hydroxylation is 1. The third-order valence-electron chi connectivity index (χ3n) is 2.42. The number of hydrogen-bond acceptors (Lipinski definition) is 4. The minimum Gasteiger partial charge on any atom is -0.211 e. The third-order valence-corrected chi connectivity index (χ3v) is 4.72. The van der Waals surface area contributed by atoms with E-state index in [-0.39, 0.29) is 4.90 Å². The van der Waals surface area contributed by atoms with E-state index in [1.807, 2.05) is 12.3 Å². The molecule has 0 aliphatic carbocycles. The van der Waals surface area contributed by atoms with Crippen molar-refractivity contribution in [1.29, 1.82) is 5.26 Å². The maximum atomic E-state index is 12.1. The standard InChI is InChI=1S/C12H16N2O2S2/c1-10-4-5-11(9-13)8-12(10)18(15,16)14-6-3-7-17-2/h4-5,8,14H,3,6-7H2,1-2H3. The van der Waals surface area contributed by atoms with Crippen LogP contribution in [0.25, 0.3) is 0 Å². The first-order valence-electron chi connectivity index (χ1n) is 5.50. The molecular formula is C12H16N2O2S2. The molecule has 1 aromatic rings. The van der Waals surface area contributed by atoms with Gasteiger partial charge in [0.1, 0.15) is 0 Å². The van der Waals surface area contributed by atoms with Gasteiger partial charge in [-0.05, 0) is 43.0 Å². The van der Waals surface area contributed by atoms with Gasteiger partial charge in [0, 0.05) is 6.54 Å². The number of rotatable bonds is 6. The quantitative estimate of drug-likeness (QED) is 0.810. The van der Waals surface area contributed by atoms with Crippen LogP contribution in [0.15, 0.2) is 23.1 Å². The third kappa shape index (κ3) is 4.02.